The molecule has 6 atom stereocenters. The third kappa shape index (κ3) is 6.76. The van der Waals surface area contributed by atoms with Crippen LogP contribution in [0.15, 0.2) is 47.7 Å². The monoisotopic (exact) mass is 555 g/mol. The van der Waals surface area contributed by atoms with Gasteiger partial charge in [-0.2, -0.15) is 5.09 Å². The van der Waals surface area contributed by atoms with Gasteiger partial charge in [-0.15, -0.1) is 0 Å². The molecular weight excluding hydrogens is 528 g/mol. The van der Waals surface area contributed by atoms with Gasteiger partial charge in [0, 0.05) is 11.1 Å². The predicted molar refractivity (Wildman–Crippen MR) is 128 cm³/mol. The maximum absolute atomic E-state index is 15.2. The summed E-state index contributed by atoms with van der Waals surface area (Å²) < 4.78 is 50.3. The van der Waals surface area contributed by atoms with Gasteiger partial charge in [-0.05, 0) is 44.5 Å². The minimum atomic E-state index is -4.52. The number of amides is 1. The van der Waals surface area contributed by atoms with Crippen molar-refractivity contribution in [1.82, 2.24) is 9.99 Å². The number of para-hydroxylation sites is 1. The maximum Gasteiger partial charge on any atom is 0.459 e. The lowest BCUT2D eigenvalue weighted by molar-refractivity contribution is -0.157. The topological polar surface area (TPSA) is 189 Å². The van der Waals surface area contributed by atoms with E-state index in [1.54, 1.807) is 32.0 Å². The SMILES string of the molecule is CC(C)OC(=O)[C@H](C)NP(=O)(OC[C@@]1(N=[N+]=[N-])O[C@@H](N2C=CC(=O)CC2=O)[C@@H](F)[C@@H]1O)Oc1ccccc1. The van der Waals surface area contributed by atoms with Gasteiger partial charge in [-0.1, -0.05) is 23.3 Å². The smallest absolute Gasteiger partial charge is 0.459 e. The molecule has 0 bridgehead atoms. The van der Waals surface area contributed by atoms with Crippen molar-refractivity contribution in [1.29, 1.82) is 0 Å². The van der Waals surface area contributed by atoms with E-state index in [0.29, 0.717) is 0 Å². The van der Waals surface area contributed by atoms with Crippen molar-refractivity contribution in [2.45, 2.75) is 63.6 Å². The number of rotatable bonds is 11. The van der Waals surface area contributed by atoms with Gasteiger partial charge >= 0.3 is 13.7 Å². The van der Waals surface area contributed by atoms with Crippen LogP contribution in [0.4, 0.5) is 4.39 Å². The molecule has 2 heterocycles. The van der Waals surface area contributed by atoms with E-state index >= 15 is 4.39 Å². The zero-order chi connectivity index (χ0) is 28.1. The number of hydrogen-bond acceptors (Lipinski definition) is 10. The second-order valence-electron chi connectivity index (χ2n) is 8.70. The number of allylic oxidation sites excluding steroid dienone is 1. The first-order valence-corrected chi connectivity index (χ1v) is 13.0. The molecule has 206 valence electrons. The Morgan fingerprint density at radius 2 is 2.05 bits per heavy atom. The third-order valence-corrected chi connectivity index (χ3v) is 6.97. The number of halogens is 1. The van der Waals surface area contributed by atoms with Crippen LogP contribution >= 0.6 is 7.75 Å². The molecule has 38 heavy (non-hydrogen) atoms. The Morgan fingerprint density at radius 1 is 1.37 bits per heavy atom. The molecule has 1 amide bonds. The van der Waals surface area contributed by atoms with Gasteiger partial charge in [-0.3, -0.25) is 23.8 Å². The molecule has 0 saturated carbocycles. The quantitative estimate of drug-likeness (QED) is 0.102. The number of esters is 1. The fraction of sp³-hybridized carbons (Fsp3) is 0.500. The molecule has 1 aromatic carbocycles. The Hall–Kier alpha value is -3.32. The highest BCUT2D eigenvalue weighted by atomic mass is 31.2. The van der Waals surface area contributed by atoms with Crippen LogP contribution in [-0.2, 0) is 32.9 Å². The fourth-order valence-corrected chi connectivity index (χ4v) is 5.06. The first-order valence-electron chi connectivity index (χ1n) is 11.5. The van der Waals surface area contributed by atoms with Crippen molar-refractivity contribution in [2.75, 3.05) is 6.61 Å². The molecule has 2 N–H and O–H groups in total. The number of azide groups is 1. The summed E-state index contributed by atoms with van der Waals surface area (Å²) in [5.74, 6) is -2.04. The van der Waals surface area contributed by atoms with E-state index in [2.05, 4.69) is 15.1 Å². The van der Waals surface area contributed by atoms with E-state index in [1.165, 1.54) is 19.1 Å². The predicted octanol–water partition coefficient (Wildman–Crippen LogP) is 2.50. The Labute approximate surface area is 216 Å². The summed E-state index contributed by atoms with van der Waals surface area (Å²) in [6.45, 7) is 3.54. The van der Waals surface area contributed by atoms with Crippen LogP contribution < -0.4 is 9.61 Å². The molecule has 14 nitrogen and oxygen atoms in total. The maximum atomic E-state index is 15.2. The van der Waals surface area contributed by atoms with Crippen LogP contribution in [0.3, 0.4) is 0 Å². The molecule has 0 aromatic heterocycles. The lowest BCUT2D eigenvalue weighted by atomic mass is 10.1. The normalized spacial score (nSPS) is 27.5. The van der Waals surface area contributed by atoms with E-state index in [9.17, 15) is 24.1 Å². The zero-order valence-electron chi connectivity index (χ0n) is 20.7. The number of ketones is 1. The second-order valence-corrected chi connectivity index (χ2v) is 10.4. The number of alkyl halides is 1. The molecule has 1 saturated heterocycles. The van der Waals surface area contributed by atoms with Gasteiger partial charge in [0.15, 0.2) is 18.2 Å². The standard InChI is InChI=1S/C22H27FN5O9P/c1-13(2)35-21(32)14(3)25-38(33,37-16-7-5-4-6-8-16)34-12-22(26-27-24)19(31)18(23)20(36-22)28-10-9-15(29)11-17(28)30/h4-10,13-14,18-20,31H,11-12H2,1-3H3,(H,25,33)/t14-,18-,19-,20+,22+,38?/m0/s1. The first kappa shape index (κ1) is 29.2. The van der Waals surface area contributed by atoms with Crippen LogP contribution in [-0.4, -0.2) is 70.6 Å². The second kappa shape index (κ2) is 12.0. The minimum absolute atomic E-state index is 0.0634. The number of benzene rings is 1. The van der Waals surface area contributed by atoms with Gasteiger partial charge in [-0.25, -0.2) is 8.96 Å². The molecule has 2 aliphatic rings. The summed E-state index contributed by atoms with van der Waals surface area (Å²) in [5.41, 5.74) is 6.61. The van der Waals surface area contributed by atoms with Crippen molar-refractivity contribution < 1.29 is 47.0 Å². The summed E-state index contributed by atoms with van der Waals surface area (Å²) in [4.78, 5) is 39.4. The summed E-state index contributed by atoms with van der Waals surface area (Å²) >= 11 is 0. The average Bonchev–Trinajstić information content (AvgIpc) is 3.09. The van der Waals surface area contributed by atoms with Gasteiger partial charge in [0.25, 0.3) is 0 Å². The molecule has 1 aromatic rings. The lowest BCUT2D eigenvalue weighted by Gasteiger charge is -2.31. The number of carbonyl (C=O) groups is 3. The summed E-state index contributed by atoms with van der Waals surface area (Å²) in [6, 6.07) is 6.50. The third-order valence-electron chi connectivity index (χ3n) is 5.35. The Balaban J connectivity index is 1.87. The number of nitrogens with zero attached hydrogens (tertiary/aromatic N) is 4. The number of aliphatic hydroxyl groups is 1. The van der Waals surface area contributed by atoms with Crippen LogP contribution in [0.5, 0.6) is 5.75 Å². The zero-order valence-corrected chi connectivity index (χ0v) is 21.6. The van der Waals surface area contributed by atoms with E-state index in [-0.39, 0.29) is 5.75 Å². The molecule has 3 rings (SSSR count). The summed E-state index contributed by atoms with van der Waals surface area (Å²) in [7, 11) is -4.52. The summed E-state index contributed by atoms with van der Waals surface area (Å²) in [5, 5.41) is 16.4. The molecule has 1 unspecified atom stereocenters. The highest BCUT2D eigenvalue weighted by Gasteiger charge is 2.59. The molecule has 16 heteroatoms. The lowest BCUT2D eigenvalue weighted by Crippen LogP contribution is -2.45. The van der Waals surface area contributed by atoms with Gasteiger partial charge in [0.1, 0.15) is 17.9 Å². The van der Waals surface area contributed by atoms with Crippen LogP contribution in [0.2, 0.25) is 0 Å². The number of hydrogen-bond donors (Lipinski definition) is 2. The molecule has 0 aliphatic carbocycles. The Bertz CT molecular complexity index is 1180. The number of ether oxygens (including phenoxy) is 2. The highest BCUT2D eigenvalue weighted by molar-refractivity contribution is 7.52. The van der Waals surface area contributed by atoms with Crippen molar-refractivity contribution in [3.8, 4) is 5.75 Å². The van der Waals surface area contributed by atoms with Crippen LogP contribution in [0.25, 0.3) is 10.4 Å². The average molecular weight is 555 g/mol. The van der Waals surface area contributed by atoms with Gasteiger partial charge < -0.3 is 19.1 Å². The van der Waals surface area contributed by atoms with E-state index < -0.39 is 74.8 Å². The highest BCUT2D eigenvalue weighted by Crippen LogP contribution is 2.48. The Morgan fingerprint density at radius 3 is 2.66 bits per heavy atom. The van der Waals surface area contributed by atoms with Crippen LogP contribution in [0.1, 0.15) is 27.2 Å². The molecule has 2 aliphatic heterocycles. The van der Waals surface area contributed by atoms with E-state index in [1.807, 2.05) is 0 Å². The minimum Gasteiger partial charge on any atom is -0.462 e. The van der Waals surface area contributed by atoms with Gasteiger partial charge in [0.05, 0.1) is 19.1 Å². The van der Waals surface area contributed by atoms with E-state index in [0.717, 1.165) is 17.2 Å². The fourth-order valence-electron chi connectivity index (χ4n) is 3.55. The summed E-state index contributed by atoms with van der Waals surface area (Å²) in [6.07, 6.45) is -5.31. The number of carbonyl (C=O) groups excluding carboxylic acids is 3. The number of nitrogens with one attached hydrogen (secondary N) is 1. The molecule has 0 radical (unpaired) electrons. The van der Waals surface area contributed by atoms with Gasteiger partial charge in [0.2, 0.25) is 11.6 Å². The van der Waals surface area contributed by atoms with Crippen molar-refractivity contribution in [3.63, 3.8) is 0 Å². The van der Waals surface area contributed by atoms with Crippen LogP contribution in [0, 0.1) is 0 Å². The number of aliphatic hydroxyl groups excluding tert-OH is 1. The van der Waals surface area contributed by atoms with Crippen molar-refractivity contribution >= 4 is 25.4 Å². The molecule has 0 spiro atoms. The van der Waals surface area contributed by atoms with Crippen molar-refractivity contribution in [2.24, 2.45) is 5.11 Å². The first-order chi connectivity index (χ1) is 17.9. The molecular formula is C22H27FN5O9P. The largest absolute Gasteiger partial charge is 0.462 e. The van der Waals surface area contributed by atoms with Crippen molar-refractivity contribution in [3.05, 3.63) is 53.1 Å². The Kier molecular flexibility index (Phi) is 9.26. The molecule has 1 fully saturated rings. The van der Waals surface area contributed by atoms with E-state index in [4.69, 9.17) is 24.1 Å².